The molecule has 0 unspecified atom stereocenters. The zero-order chi connectivity index (χ0) is 13.4. The quantitative estimate of drug-likeness (QED) is 0.898. The van der Waals surface area contributed by atoms with Gasteiger partial charge in [-0.2, -0.15) is 5.10 Å². The van der Waals surface area contributed by atoms with Gasteiger partial charge in [-0.1, -0.05) is 12.1 Å². The van der Waals surface area contributed by atoms with Crippen molar-refractivity contribution >= 4 is 5.97 Å². The number of aromatic nitrogens is 2. The lowest BCUT2D eigenvalue weighted by atomic mass is 9.90. The van der Waals surface area contributed by atoms with E-state index in [1.807, 2.05) is 12.1 Å². The SMILES string of the molecule is Cc1cn(-c2cccc3c2CCCC3)nc1C(=O)O. The Morgan fingerprint density at radius 3 is 2.84 bits per heavy atom. The molecule has 1 heterocycles. The molecule has 2 aromatic rings. The number of fused-ring (bicyclic) bond motifs is 1. The van der Waals surface area contributed by atoms with Crippen LogP contribution < -0.4 is 0 Å². The molecule has 19 heavy (non-hydrogen) atoms. The van der Waals surface area contributed by atoms with Crippen LogP contribution >= 0.6 is 0 Å². The van der Waals surface area contributed by atoms with Gasteiger partial charge in [0.05, 0.1) is 5.69 Å². The third-order valence-electron chi connectivity index (χ3n) is 3.72. The lowest BCUT2D eigenvalue weighted by Gasteiger charge is -2.19. The van der Waals surface area contributed by atoms with Crippen LogP contribution in [0.3, 0.4) is 0 Å². The van der Waals surface area contributed by atoms with Crippen molar-refractivity contribution in [2.24, 2.45) is 0 Å². The molecule has 0 amide bonds. The first kappa shape index (κ1) is 12.0. The molecule has 4 heteroatoms. The van der Waals surface area contributed by atoms with Gasteiger partial charge in [-0.15, -0.1) is 0 Å². The first-order valence-corrected chi connectivity index (χ1v) is 6.57. The highest BCUT2D eigenvalue weighted by atomic mass is 16.4. The van der Waals surface area contributed by atoms with E-state index in [2.05, 4.69) is 11.2 Å². The molecule has 1 aromatic carbocycles. The third-order valence-corrected chi connectivity index (χ3v) is 3.72. The normalized spacial score (nSPS) is 14.2. The third kappa shape index (κ3) is 2.03. The fourth-order valence-electron chi connectivity index (χ4n) is 2.77. The Morgan fingerprint density at radius 2 is 2.11 bits per heavy atom. The van der Waals surface area contributed by atoms with Crippen molar-refractivity contribution in [3.8, 4) is 5.69 Å². The van der Waals surface area contributed by atoms with Crippen LogP contribution in [0.1, 0.15) is 40.0 Å². The average molecular weight is 256 g/mol. The Hall–Kier alpha value is -2.10. The second-order valence-corrected chi connectivity index (χ2v) is 5.03. The molecule has 1 aliphatic rings. The maximum absolute atomic E-state index is 11.1. The Kier molecular flexibility index (Phi) is 2.85. The minimum Gasteiger partial charge on any atom is -0.476 e. The number of aryl methyl sites for hydroxylation is 2. The molecule has 0 fully saturated rings. The van der Waals surface area contributed by atoms with Gasteiger partial charge in [0.1, 0.15) is 0 Å². The van der Waals surface area contributed by atoms with Crippen molar-refractivity contribution in [2.45, 2.75) is 32.6 Å². The van der Waals surface area contributed by atoms with Crippen LogP contribution in [0.15, 0.2) is 24.4 Å². The van der Waals surface area contributed by atoms with Crippen LogP contribution in [-0.2, 0) is 12.8 Å². The lowest BCUT2D eigenvalue weighted by Crippen LogP contribution is -2.09. The second-order valence-electron chi connectivity index (χ2n) is 5.03. The number of hydrogen-bond acceptors (Lipinski definition) is 2. The predicted octanol–water partition coefficient (Wildman–Crippen LogP) is 2.76. The molecule has 0 spiro atoms. The molecule has 0 saturated heterocycles. The van der Waals surface area contributed by atoms with Crippen LogP contribution in [0.4, 0.5) is 0 Å². The van der Waals surface area contributed by atoms with E-state index in [1.165, 1.54) is 24.0 Å². The van der Waals surface area contributed by atoms with E-state index in [4.69, 9.17) is 5.11 Å². The number of hydrogen-bond donors (Lipinski definition) is 1. The topological polar surface area (TPSA) is 55.1 Å². The molecule has 0 radical (unpaired) electrons. The Morgan fingerprint density at radius 1 is 1.32 bits per heavy atom. The Labute approximate surface area is 111 Å². The zero-order valence-electron chi connectivity index (χ0n) is 10.9. The van der Waals surface area contributed by atoms with Gasteiger partial charge in [0.2, 0.25) is 0 Å². The molecule has 3 rings (SSSR count). The van der Waals surface area contributed by atoms with Gasteiger partial charge in [0.15, 0.2) is 5.69 Å². The van der Waals surface area contributed by atoms with Crippen molar-refractivity contribution in [3.05, 3.63) is 46.8 Å². The summed E-state index contributed by atoms with van der Waals surface area (Å²) in [6.07, 6.45) is 6.38. The standard InChI is InChI=1S/C15H16N2O2/c1-10-9-17(16-14(10)15(18)19)13-8-4-6-11-5-2-3-7-12(11)13/h4,6,8-9H,2-3,5,7H2,1H3,(H,18,19). The van der Waals surface area contributed by atoms with E-state index in [0.29, 0.717) is 5.56 Å². The predicted molar refractivity (Wildman–Crippen MR) is 71.9 cm³/mol. The molecular weight excluding hydrogens is 240 g/mol. The maximum atomic E-state index is 11.1. The van der Waals surface area contributed by atoms with E-state index in [-0.39, 0.29) is 5.69 Å². The molecule has 98 valence electrons. The fourth-order valence-corrected chi connectivity index (χ4v) is 2.77. The van der Waals surface area contributed by atoms with Gasteiger partial charge >= 0.3 is 5.97 Å². The molecule has 1 N–H and O–H groups in total. The minimum absolute atomic E-state index is 0.133. The summed E-state index contributed by atoms with van der Waals surface area (Å²) in [4.78, 5) is 11.1. The van der Waals surface area contributed by atoms with Crippen LogP contribution in [-0.4, -0.2) is 20.9 Å². The highest BCUT2D eigenvalue weighted by Crippen LogP contribution is 2.27. The number of aromatic carboxylic acids is 1. The highest BCUT2D eigenvalue weighted by molar-refractivity contribution is 5.86. The lowest BCUT2D eigenvalue weighted by molar-refractivity contribution is 0.0689. The van der Waals surface area contributed by atoms with Crippen LogP contribution in [0, 0.1) is 6.92 Å². The summed E-state index contributed by atoms with van der Waals surface area (Å²) in [5.41, 5.74) is 4.53. The van der Waals surface area contributed by atoms with Crippen molar-refractivity contribution in [1.82, 2.24) is 9.78 Å². The summed E-state index contributed by atoms with van der Waals surface area (Å²) in [5, 5.41) is 13.3. The smallest absolute Gasteiger partial charge is 0.356 e. The van der Waals surface area contributed by atoms with Gasteiger partial charge in [-0.05, 0) is 49.8 Å². The van der Waals surface area contributed by atoms with E-state index >= 15 is 0 Å². The maximum Gasteiger partial charge on any atom is 0.356 e. The first-order valence-electron chi connectivity index (χ1n) is 6.57. The van der Waals surface area contributed by atoms with Gasteiger partial charge < -0.3 is 5.11 Å². The minimum atomic E-state index is -0.971. The summed E-state index contributed by atoms with van der Waals surface area (Å²) >= 11 is 0. The Balaban J connectivity index is 2.12. The number of carbonyl (C=O) groups is 1. The van der Waals surface area contributed by atoms with E-state index in [1.54, 1.807) is 17.8 Å². The number of nitrogens with zero attached hydrogens (tertiary/aromatic N) is 2. The molecule has 4 nitrogen and oxygen atoms in total. The summed E-state index contributed by atoms with van der Waals surface area (Å²) in [6.45, 7) is 1.78. The molecular formula is C15H16N2O2. The van der Waals surface area contributed by atoms with Gasteiger partial charge in [0.25, 0.3) is 0 Å². The summed E-state index contributed by atoms with van der Waals surface area (Å²) in [6, 6.07) is 6.20. The first-order chi connectivity index (χ1) is 9.16. The Bertz CT molecular complexity index is 644. The van der Waals surface area contributed by atoms with Crippen LogP contribution in [0.2, 0.25) is 0 Å². The zero-order valence-corrected chi connectivity index (χ0v) is 10.9. The monoisotopic (exact) mass is 256 g/mol. The molecule has 0 atom stereocenters. The molecule has 0 saturated carbocycles. The molecule has 0 bridgehead atoms. The summed E-state index contributed by atoms with van der Waals surface area (Å²) in [5.74, 6) is -0.971. The van der Waals surface area contributed by atoms with Crippen molar-refractivity contribution < 1.29 is 9.90 Å². The van der Waals surface area contributed by atoms with Crippen molar-refractivity contribution in [1.29, 1.82) is 0 Å². The van der Waals surface area contributed by atoms with Gasteiger partial charge in [0, 0.05) is 11.8 Å². The van der Waals surface area contributed by atoms with Crippen LogP contribution in [0.25, 0.3) is 5.69 Å². The molecule has 1 aliphatic carbocycles. The molecule has 0 aliphatic heterocycles. The van der Waals surface area contributed by atoms with Crippen molar-refractivity contribution in [2.75, 3.05) is 0 Å². The van der Waals surface area contributed by atoms with E-state index in [0.717, 1.165) is 18.5 Å². The summed E-state index contributed by atoms with van der Waals surface area (Å²) in [7, 11) is 0. The van der Waals surface area contributed by atoms with Crippen LogP contribution in [0.5, 0.6) is 0 Å². The number of carboxylic acids is 1. The second kappa shape index (κ2) is 4.53. The highest BCUT2D eigenvalue weighted by Gasteiger charge is 2.17. The number of carboxylic acid groups (broad SMARTS) is 1. The number of benzene rings is 1. The largest absolute Gasteiger partial charge is 0.476 e. The number of rotatable bonds is 2. The van der Waals surface area contributed by atoms with Gasteiger partial charge in [-0.3, -0.25) is 0 Å². The fraction of sp³-hybridized carbons (Fsp3) is 0.333. The van der Waals surface area contributed by atoms with E-state index < -0.39 is 5.97 Å². The molecule has 1 aromatic heterocycles. The van der Waals surface area contributed by atoms with E-state index in [9.17, 15) is 4.79 Å². The summed E-state index contributed by atoms with van der Waals surface area (Å²) < 4.78 is 1.71. The average Bonchev–Trinajstić information content (AvgIpc) is 2.80. The van der Waals surface area contributed by atoms with Gasteiger partial charge in [-0.25, -0.2) is 9.48 Å². The van der Waals surface area contributed by atoms with Crippen molar-refractivity contribution in [3.63, 3.8) is 0 Å².